The summed E-state index contributed by atoms with van der Waals surface area (Å²) in [5.74, 6) is 1.06. The molecule has 1 heterocycles. The van der Waals surface area contributed by atoms with Crippen LogP contribution >= 0.6 is 15.9 Å². The quantitative estimate of drug-likeness (QED) is 0.764. The van der Waals surface area contributed by atoms with Crippen molar-refractivity contribution < 1.29 is 8.81 Å². The van der Waals surface area contributed by atoms with Gasteiger partial charge in [-0.15, -0.1) is 0 Å². The number of hydrogen-bond acceptors (Lipinski definition) is 1. The standard InChI is InChI=1S/C12H12BrFO/c1-8(7-13)5-10-6-9-3-2-4-11(14)12(9)15-10/h2-4,6,8H,5,7H2,1H3. The lowest BCUT2D eigenvalue weighted by Crippen LogP contribution is -1.98. The minimum atomic E-state index is -0.287. The second kappa shape index (κ2) is 4.35. The smallest absolute Gasteiger partial charge is 0.169 e. The van der Waals surface area contributed by atoms with Crippen LogP contribution in [0.2, 0.25) is 0 Å². The number of benzene rings is 1. The van der Waals surface area contributed by atoms with Crippen LogP contribution in [0.3, 0.4) is 0 Å². The maximum Gasteiger partial charge on any atom is 0.169 e. The van der Waals surface area contributed by atoms with E-state index >= 15 is 0 Å². The summed E-state index contributed by atoms with van der Waals surface area (Å²) in [5.41, 5.74) is 0.370. The monoisotopic (exact) mass is 270 g/mol. The number of halogens is 2. The van der Waals surface area contributed by atoms with E-state index in [2.05, 4.69) is 22.9 Å². The first-order valence-electron chi connectivity index (χ1n) is 4.93. The van der Waals surface area contributed by atoms with E-state index in [0.29, 0.717) is 11.5 Å². The van der Waals surface area contributed by atoms with Crippen molar-refractivity contribution in [2.24, 2.45) is 5.92 Å². The fourth-order valence-electron chi connectivity index (χ4n) is 1.58. The van der Waals surface area contributed by atoms with Crippen LogP contribution in [0.1, 0.15) is 12.7 Å². The van der Waals surface area contributed by atoms with Crippen LogP contribution in [-0.2, 0) is 6.42 Å². The van der Waals surface area contributed by atoms with Crippen molar-refractivity contribution in [3.05, 3.63) is 35.8 Å². The Labute approximate surface area is 96.4 Å². The Bertz CT molecular complexity index is 464. The fourth-order valence-corrected chi connectivity index (χ4v) is 1.81. The van der Waals surface area contributed by atoms with Crippen LogP contribution in [0.25, 0.3) is 11.0 Å². The molecule has 1 aromatic carbocycles. The molecule has 0 saturated heterocycles. The van der Waals surface area contributed by atoms with E-state index in [1.165, 1.54) is 6.07 Å². The molecule has 3 heteroatoms. The topological polar surface area (TPSA) is 13.1 Å². The van der Waals surface area contributed by atoms with Gasteiger partial charge in [-0.3, -0.25) is 0 Å². The molecule has 1 atom stereocenters. The van der Waals surface area contributed by atoms with E-state index in [-0.39, 0.29) is 5.82 Å². The van der Waals surface area contributed by atoms with Gasteiger partial charge in [0.05, 0.1) is 0 Å². The molecule has 0 fully saturated rings. The van der Waals surface area contributed by atoms with Gasteiger partial charge in [0, 0.05) is 17.1 Å². The average molecular weight is 271 g/mol. The van der Waals surface area contributed by atoms with Gasteiger partial charge in [-0.25, -0.2) is 4.39 Å². The lowest BCUT2D eigenvalue weighted by Gasteiger charge is -2.02. The van der Waals surface area contributed by atoms with Crippen LogP contribution in [0.15, 0.2) is 28.7 Å². The van der Waals surface area contributed by atoms with Crippen LogP contribution in [-0.4, -0.2) is 5.33 Å². The molecule has 0 saturated carbocycles. The van der Waals surface area contributed by atoms with Gasteiger partial charge in [0.15, 0.2) is 11.4 Å². The summed E-state index contributed by atoms with van der Waals surface area (Å²) >= 11 is 3.41. The maximum atomic E-state index is 13.3. The third-order valence-corrected chi connectivity index (χ3v) is 3.47. The van der Waals surface area contributed by atoms with Gasteiger partial charge in [0.2, 0.25) is 0 Å². The number of para-hydroxylation sites is 1. The first-order chi connectivity index (χ1) is 7.20. The molecule has 80 valence electrons. The lowest BCUT2D eigenvalue weighted by molar-refractivity contribution is 0.488. The Morgan fingerprint density at radius 1 is 1.47 bits per heavy atom. The molecule has 1 unspecified atom stereocenters. The molecule has 2 rings (SSSR count). The van der Waals surface area contributed by atoms with Gasteiger partial charge >= 0.3 is 0 Å². The highest BCUT2D eigenvalue weighted by molar-refractivity contribution is 9.09. The summed E-state index contributed by atoms with van der Waals surface area (Å²) in [5, 5.41) is 1.76. The molecule has 2 aromatic rings. The van der Waals surface area contributed by atoms with Crippen LogP contribution in [0.4, 0.5) is 4.39 Å². The summed E-state index contributed by atoms with van der Waals surface area (Å²) in [7, 11) is 0. The highest BCUT2D eigenvalue weighted by Crippen LogP contribution is 2.23. The minimum Gasteiger partial charge on any atom is -0.458 e. The second-order valence-corrected chi connectivity index (χ2v) is 4.48. The second-order valence-electron chi connectivity index (χ2n) is 3.83. The molecular formula is C12H12BrFO. The Hall–Kier alpha value is -0.830. The zero-order valence-corrected chi connectivity index (χ0v) is 10.1. The van der Waals surface area contributed by atoms with E-state index in [1.54, 1.807) is 6.07 Å². The minimum absolute atomic E-state index is 0.287. The van der Waals surface area contributed by atoms with Gasteiger partial charge in [-0.05, 0) is 18.1 Å². The highest BCUT2D eigenvalue weighted by atomic mass is 79.9. The normalized spacial score (nSPS) is 13.3. The van der Waals surface area contributed by atoms with Crippen molar-refractivity contribution in [2.75, 3.05) is 5.33 Å². The molecule has 0 N–H and O–H groups in total. The van der Waals surface area contributed by atoms with Crippen LogP contribution in [0, 0.1) is 11.7 Å². The van der Waals surface area contributed by atoms with Crippen molar-refractivity contribution in [3.8, 4) is 0 Å². The van der Waals surface area contributed by atoms with Crippen molar-refractivity contribution in [1.29, 1.82) is 0 Å². The van der Waals surface area contributed by atoms with E-state index in [9.17, 15) is 4.39 Å². The molecule has 15 heavy (non-hydrogen) atoms. The first kappa shape index (κ1) is 10.7. The molecular weight excluding hydrogens is 259 g/mol. The average Bonchev–Trinajstić information content (AvgIpc) is 2.62. The maximum absolute atomic E-state index is 13.3. The van der Waals surface area contributed by atoms with Crippen molar-refractivity contribution in [2.45, 2.75) is 13.3 Å². The van der Waals surface area contributed by atoms with Crippen molar-refractivity contribution in [3.63, 3.8) is 0 Å². The molecule has 0 spiro atoms. The fraction of sp³-hybridized carbons (Fsp3) is 0.333. The van der Waals surface area contributed by atoms with Crippen molar-refractivity contribution >= 4 is 26.9 Å². The largest absolute Gasteiger partial charge is 0.458 e. The number of rotatable bonds is 3. The molecule has 0 amide bonds. The predicted molar refractivity (Wildman–Crippen MR) is 62.8 cm³/mol. The molecule has 0 aliphatic rings. The van der Waals surface area contributed by atoms with Crippen molar-refractivity contribution in [1.82, 2.24) is 0 Å². The Morgan fingerprint density at radius 3 is 2.93 bits per heavy atom. The molecule has 0 aliphatic carbocycles. The summed E-state index contributed by atoms with van der Waals surface area (Å²) in [4.78, 5) is 0. The van der Waals surface area contributed by atoms with Gasteiger partial charge < -0.3 is 4.42 Å². The Morgan fingerprint density at radius 2 is 2.27 bits per heavy atom. The summed E-state index contributed by atoms with van der Waals surface area (Å²) < 4.78 is 18.8. The molecule has 0 aliphatic heterocycles. The van der Waals surface area contributed by atoms with E-state index in [1.807, 2.05) is 12.1 Å². The first-order valence-corrected chi connectivity index (χ1v) is 6.05. The number of alkyl halides is 1. The summed E-state index contributed by atoms with van der Waals surface area (Å²) in [6.07, 6.45) is 0.833. The Balaban J connectivity index is 2.35. The van der Waals surface area contributed by atoms with E-state index in [4.69, 9.17) is 4.42 Å². The number of hydrogen-bond donors (Lipinski definition) is 0. The SMILES string of the molecule is CC(CBr)Cc1cc2cccc(F)c2o1. The summed E-state index contributed by atoms with van der Waals surface area (Å²) in [6, 6.07) is 6.90. The lowest BCUT2D eigenvalue weighted by atomic mass is 10.1. The third-order valence-electron chi connectivity index (χ3n) is 2.36. The van der Waals surface area contributed by atoms with E-state index in [0.717, 1.165) is 22.9 Å². The molecule has 1 aromatic heterocycles. The van der Waals surface area contributed by atoms with E-state index < -0.39 is 0 Å². The Kier molecular flexibility index (Phi) is 3.10. The highest BCUT2D eigenvalue weighted by Gasteiger charge is 2.10. The number of furan rings is 1. The zero-order chi connectivity index (χ0) is 10.8. The number of fused-ring (bicyclic) bond motifs is 1. The van der Waals surface area contributed by atoms with Gasteiger partial charge in [-0.1, -0.05) is 35.0 Å². The zero-order valence-electron chi connectivity index (χ0n) is 8.47. The van der Waals surface area contributed by atoms with Gasteiger partial charge in [0.1, 0.15) is 5.76 Å². The molecule has 0 bridgehead atoms. The molecule has 1 nitrogen and oxygen atoms in total. The summed E-state index contributed by atoms with van der Waals surface area (Å²) in [6.45, 7) is 2.12. The van der Waals surface area contributed by atoms with Gasteiger partial charge in [0.25, 0.3) is 0 Å². The van der Waals surface area contributed by atoms with Crippen LogP contribution < -0.4 is 0 Å². The van der Waals surface area contributed by atoms with Crippen LogP contribution in [0.5, 0.6) is 0 Å². The molecule has 0 radical (unpaired) electrons. The van der Waals surface area contributed by atoms with Gasteiger partial charge in [-0.2, -0.15) is 0 Å². The third kappa shape index (κ3) is 2.23. The predicted octanol–water partition coefficient (Wildman–Crippen LogP) is 4.15.